The Labute approximate surface area is 143 Å². The molecule has 0 atom stereocenters. The van der Waals surface area contributed by atoms with Gasteiger partial charge in [-0.25, -0.2) is 4.79 Å². The van der Waals surface area contributed by atoms with Crippen LogP contribution in [0, 0.1) is 10.1 Å². The zero-order valence-corrected chi connectivity index (χ0v) is 13.7. The molecule has 120 valence electrons. The third-order valence-corrected chi connectivity index (χ3v) is 3.41. The Bertz CT molecular complexity index is 777. The van der Waals surface area contributed by atoms with Crippen molar-refractivity contribution < 1.29 is 19.2 Å². The van der Waals surface area contributed by atoms with Crippen LogP contribution in [0.5, 0.6) is 0 Å². The fourth-order valence-corrected chi connectivity index (χ4v) is 2.17. The maximum absolute atomic E-state index is 11.7. The summed E-state index contributed by atoms with van der Waals surface area (Å²) < 4.78 is 5.50. The SMILES string of the molecule is O=C(COC(=O)c1cc(Br)c[nH]1)Nc1ccc([N+](=O)[O-])cc1Cl. The maximum atomic E-state index is 11.7. The maximum Gasteiger partial charge on any atom is 0.355 e. The summed E-state index contributed by atoms with van der Waals surface area (Å²) in [6, 6.07) is 5.11. The summed E-state index contributed by atoms with van der Waals surface area (Å²) in [4.78, 5) is 36.0. The molecule has 23 heavy (non-hydrogen) atoms. The van der Waals surface area contributed by atoms with E-state index in [9.17, 15) is 19.7 Å². The van der Waals surface area contributed by atoms with Crippen LogP contribution < -0.4 is 5.32 Å². The number of aromatic amines is 1. The van der Waals surface area contributed by atoms with Crippen LogP contribution in [-0.4, -0.2) is 28.4 Å². The molecule has 10 heteroatoms. The third-order valence-electron chi connectivity index (χ3n) is 2.64. The molecule has 0 aliphatic carbocycles. The molecule has 2 N–H and O–H groups in total. The van der Waals surface area contributed by atoms with Crippen molar-refractivity contribution in [2.75, 3.05) is 11.9 Å². The van der Waals surface area contributed by atoms with Crippen LogP contribution in [-0.2, 0) is 9.53 Å². The minimum atomic E-state index is -0.694. The first-order valence-electron chi connectivity index (χ1n) is 6.11. The quantitative estimate of drug-likeness (QED) is 0.453. The monoisotopic (exact) mass is 401 g/mol. The second-order valence-corrected chi connectivity index (χ2v) is 5.60. The van der Waals surface area contributed by atoms with E-state index in [0.717, 1.165) is 6.07 Å². The summed E-state index contributed by atoms with van der Waals surface area (Å²) >= 11 is 9.01. The highest BCUT2D eigenvalue weighted by atomic mass is 79.9. The van der Waals surface area contributed by atoms with Crippen molar-refractivity contribution in [3.8, 4) is 0 Å². The van der Waals surface area contributed by atoms with Crippen molar-refractivity contribution in [1.29, 1.82) is 0 Å². The zero-order chi connectivity index (χ0) is 17.0. The molecule has 2 aromatic rings. The molecule has 0 radical (unpaired) electrons. The number of amides is 1. The molecule has 0 fully saturated rings. The molecule has 2 rings (SSSR count). The Balaban J connectivity index is 1.92. The van der Waals surface area contributed by atoms with Crippen molar-refractivity contribution in [3.05, 3.63) is 55.8 Å². The Hall–Kier alpha value is -2.39. The predicted octanol–water partition coefficient (Wildman–Crippen LogP) is 3.13. The number of hydrogen-bond donors (Lipinski definition) is 2. The van der Waals surface area contributed by atoms with E-state index in [1.54, 1.807) is 6.20 Å². The van der Waals surface area contributed by atoms with Gasteiger partial charge in [-0.15, -0.1) is 0 Å². The lowest BCUT2D eigenvalue weighted by Gasteiger charge is -2.07. The zero-order valence-electron chi connectivity index (χ0n) is 11.3. The summed E-state index contributed by atoms with van der Waals surface area (Å²) in [6.07, 6.45) is 1.55. The number of nitro groups is 1. The van der Waals surface area contributed by atoms with Gasteiger partial charge in [0.2, 0.25) is 0 Å². The molecular formula is C13H9BrClN3O5. The lowest BCUT2D eigenvalue weighted by molar-refractivity contribution is -0.384. The highest BCUT2D eigenvalue weighted by molar-refractivity contribution is 9.10. The number of aromatic nitrogens is 1. The van der Waals surface area contributed by atoms with Gasteiger partial charge < -0.3 is 15.0 Å². The van der Waals surface area contributed by atoms with Crippen LogP contribution in [0.4, 0.5) is 11.4 Å². The van der Waals surface area contributed by atoms with Crippen LogP contribution in [0.3, 0.4) is 0 Å². The Morgan fingerprint density at radius 3 is 2.70 bits per heavy atom. The van der Waals surface area contributed by atoms with Gasteiger partial charge in [0.1, 0.15) is 5.69 Å². The van der Waals surface area contributed by atoms with Gasteiger partial charge in [-0.1, -0.05) is 11.6 Å². The van der Waals surface area contributed by atoms with E-state index in [1.165, 1.54) is 18.2 Å². The number of ether oxygens (including phenoxy) is 1. The van der Waals surface area contributed by atoms with Crippen LogP contribution in [0.15, 0.2) is 34.9 Å². The number of carbonyl (C=O) groups excluding carboxylic acids is 2. The largest absolute Gasteiger partial charge is 0.451 e. The van der Waals surface area contributed by atoms with Crippen LogP contribution >= 0.6 is 27.5 Å². The standard InChI is InChI=1S/C13H9BrClN3O5/c14-7-3-11(16-5-7)13(20)23-6-12(19)17-10-2-1-8(18(21)22)4-9(10)15/h1-5,16H,6H2,(H,17,19). The molecule has 0 aliphatic rings. The Morgan fingerprint density at radius 2 is 2.13 bits per heavy atom. The van der Waals surface area contributed by atoms with Crippen molar-refractivity contribution in [2.45, 2.75) is 0 Å². The van der Waals surface area contributed by atoms with Gasteiger partial charge in [0, 0.05) is 22.8 Å². The normalized spacial score (nSPS) is 10.2. The van der Waals surface area contributed by atoms with E-state index in [-0.39, 0.29) is 22.1 Å². The summed E-state index contributed by atoms with van der Waals surface area (Å²) in [5, 5.41) is 13.0. The fourth-order valence-electron chi connectivity index (χ4n) is 1.60. The van der Waals surface area contributed by atoms with E-state index in [1.807, 2.05) is 0 Å². The highest BCUT2D eigenvalue weighted by Gasteiger charge is 2.14. The van der Waals surface area contributed by atoms with Crippen LogP contribution in [0.2, 0.25) is 5.02 Å². The molecule has 1 aromatic heterocycles. The molecule has 1 aromatic carbocycles. The number of halogens is 2. The van der Waals surface area contributed by atoms with Gasteiger partial charge in [-0.2, -0.15) is 0 Å². The second kappa shape index (κ2) is 7.25. The number of nitro benzene ring substituents is 1. The number of anilines is 1. The van der Waals surface area contributed by atoms with Gasteiger partial charge in [-0.3, -0.25) is 14.9 Å². The molecule has 8 nitrogen and oxygen atoms in total. The first-order chi connectivity index (χ1) is 10.9. The van der Waals surface area contributed by atoms with Crippen LogP contribution in [0.25, 0.3) is 0 Å². The van der Waals surface area contributed by atoms with Gasteiger partial charge in [-0.05, 0) is 28.1 Å². The minimum absolute atomic E-state index is 0.00664. The molecule has 1 amide bonds. The first kappa shape index (κ1) is 17.0. The fraction of sp³-hybridized carbons (Fsp3) is 0.0769. The summed E-state index contributed by atoms with van der Waals surface area (Å²) in [7, 11) is 0. The molecule has 0 aliphatic heterocycles. The number of esters is 1. The molecule has 0 saturated carbocycles. The van der Waals surface area contributed by atoms with Gasteiger partial charge in [0.25, 0.3) is 11.6 Å². The number of carbonyl (C=O) groups is 2. The van der Waals surface area contributed by atoms with E-state index < -0.39 is 23.4 Å². The van der Waals surface area contributed by atoms with Gasteiger partial charge >= 0.3 is 5.97 Å². The second-order valence-electron chi connectivity index (χ2n) is 4.28. The van der Waals surface area contributed by atoms with Gasteiger partial charge in [0.05, 0.1) is 15.6 Å². The average molecular weight is 403 g/mol. The molecule has 0 saturated heterocycles. The number of rotatable bonds is 5. The first-order valence-corrected chi connectivity index (χ1v) is 7.29. The number of nitrogens with one attached hydrogen (secondary N) is 2. The average Bonchev–Trinajstić information content (AvgIpc) is 2.93. The highest BCUT2D eigenvalue weighted by Crippen LogP contribution is 2.26. The number of benzene rings is 1. The molecule has 0 bridgehead atoms. The predicted molar refractivity (Wildman–Crippen MR) is 85.5 cm³/mol. The van der Waals surface area contributed by atoms with E-state index >= 15 is 0 Å². The number of hydrogen-bond acceptors (Lipinski definition) is 5. The lowest BCUT2D eigenvalue weighted by Crippen LogP contribution is -2.21. The van der Waals surface area contributed by atoms with E-state index in [4.69, 9.17) is 16.3 Å². The molecule has 0 unspecified atom stereocenters. The molecule has 0 spiro atoms. The minimum Gasteiger partial charge on any atom is -0.451 e. The summed E-state index contributed by atoms with van der Waals surface area (Å²) in [5.41, 5.74) is 0.177. The number of nitrogens with zero attached hydrogens (tertiary/aromatic N) is 1. The smallest absolute Gasteiger partial charge is 0.355 e. The van der Waals surface area contributed by atoms with Crippen LogP contribution in [0.1, 0.15) is 10.5 Å². The summed E-state index contributed by atoms with van der Waals surface area (Å²) in [6.45, 7) is -0.525. The van der Waals surface area contributed by atoms with E-state index in [2.05, 4.69) is 26.2 Å². The van der Waals surface area contributed by atoms with Crippen molar-refractivity contribution in [1.82, 2.24) is 4.98 Å². The third kappa shape index (κ3) is 4.54. The van der Waals surface area contributed by atoms with Crippen molar-refractivity contribution in [2.24, 2.45) is 0 Å². The van der Waals surface area contributed by atoms with Gasteiger partial charge in [0.15, 0.2) is 6.61 Å². The lowest BCUT2D eigenvalue weighted by atomic mass is 10.3. The van der Waals surface area contributed by atoms with Crippen molar-refractivity contribution >= 4 is 50.8 Å². The number of non-ortho nitro benzene ring substituents is 1. The molecule has 1 heterocycles. The van der Waals surface area contributed by atoms with Crippen molar-refractivity contribution in [3.63, 3.8) is 0 Å². The number of H-pyrrole nitrogens is 1. The Kier molecular flexibility index (Phi) is 5.35. The topological polar surface area (TPSA) is 114 Å². The summed E-state index contributed by atoms with van der Waals surface area (Å²) in [5.74, 6) is -1.32. The van der Waals surface area contributed by atoms with E-state index in [0.29, 0.717) is 4.47 Å². The molecular weight excluding hydrogens is 394 g/mol. The Morgan fingerprint density at radius 1 is 1.39 bits per heavy atom.